The van der Waals surface area contributed by atoms with E-state index in [1.54, 1.807) is 6.16 Å². The zero-order valence-corrected chi connectivity index (χ0v) is 25.0. The fourth-order valence-electron chi connectivity index (χ4n) is 5.29. The summed E-state index contributed by atoms with van der Waals surface area (Å²) in [5.41, 5.74) is 0. The fraction of sp³-hybridized carbons (Fsp3) is 1.00. The van der Waals surface area contributed by atoms with Crippen molar-refractivity contribution in [3.8, 4) is 0 Å². The Morgan fingerprint density at radius 3 is 0.806 bits per heavy atom. The van der Waals surface area contributed by atoms with Crippen molar-refractivity contribution in [2.45, 2.75) is 163 Å². The summed E-state index contributed by atoms with van der Waals surface area (Å²) in [4.78, 5) is 0. The van der Waals surface area contributed by atoms with Gasteiger partial charge in [0.2, 0.25) is 0 Å². The molecule has 0 aliphatic heterocycles. The van der Waals surface area contributed by atoms with Crippen molar-refractivity contribution in [3.05, 3.63) is 0 Å². The molecule has 0 atom stereocenters. The summed E-state index contributed by atoms with van der Waals surface area (Å²) in [6.07, 6.45) is 36.5. The molecule has 0 aliphatic carbocycles. The van der Waals surface area contributed by atoms with Gasteiger partial charge in [-0.2, -0.15) is 0 Å². The van der Waals surface area contributed by atoms with E-state index < -0.39 is 5.31 Å². The predicted molar refractivity (Wildman–Crippen MR) is 155 cm³/mol. The van der Waals surface area contributed by atoms with Gasteiger partial charge >= 0.3 is 195 Å². The van der Waals surface area contributed by atoms with Crippen LogP contribution in [-0.4, -0.2) is 24.6 Å². The van der Waals surface area contributed by atoms with Gasteiger partial charge in [0.15, 0.2) is 0 Å². The van der Waals surface area contributed by atoms with Crippen molar-refractivity contribution in [3.63, 3.8) is 0 Å². The van der Waals surface area contributed by atoms with E-state index in [-0.39, 0.29) is 0 Å². The predicted octanol–water partition coefficient (Wildman–Crippen LogP) is 12.1. The second-order valence-electron chi connectivity index (χ2n) is 10.7. The topological polar surface area (TPSA) is 0 Å². The summed E-state index contributed by atoms with van der Waals surface area (Å²) >= 11 is 4.64. The summed E-state index contributed by atoms with van der Waals surface area (Å²) in [7, 11) is 0. The number of unbranched alkanes of at least 4 members (excludes halogenated alkanes) is 17. The van der Waals surface area contributed by atoms with E-state index in [9.17, 15) is 0 Å². The molecule has 0 nitrogen and oxygen atoms in total. The molecular weight excluding hydrogens is 459 g/mol. The van der Waals surface area contributed by atoms with Gasteiger partial charge < -0.3 is 0 Å². The van der Waals surface area contributed by atoms with Crippen molar-refractivity contribution < 1.29 is 0 Å². The molecule has 2 heteroatoms. The first kappa shape index (κ1) is 31.9. The summed E-state index contributed by atoms with van der Waals surface area (Å²) in [6.45, 7) is 9.40. The third kappa shape index (κ3) is 18.0. The molecule has 0 saturated heterocycles. The molecule has 0 aliphatic rings. The van der Waals surface area contributed by atoms with Crippen molar-refractivity contribution in [1.29, 1.82) is 0 Å². The molecule has 0 bridgehead atoms. The molecule has 0 aromatic rings. The van der Waals surface area contributed by atoms with E-state index in [4.69, 9.17) is 0 Å². The Hall–Kier alpha value is 0.910. The third-order valence-corrected chi connectivity index (χ3v) is 17.5. The molecule has 190 valence electrons. The Morgan fingerprint density at radius 2 is 0.516 bits per heavy atom. The van der Waals surface area contributed by atoms with Gasteiger partial charge in [-0.25, -0.2) is 0 Å². The average molecular weight is 522 g/mol. The molecule has 0 aromatic carbocycles. The van der Waals surface area contributed by atoms with Crippen LogP contribution in [0.5, 0.6) is 0 Å². The molecule has 0 aromatic heterocycles. The van der Waals surface area contributed by atoms with Crippen LogP contribution in [0, 0.1) is 0 Å². The van der Waals surface area contributed by atoms with Gasteiger partial charge in [-0.05, 0) is 0 Å². The van der Waals surface area contributed by atoms with E-state index in [1.807, 2.05) is 0 Å². The number of rotatable bonds is 25. The Kier molecular flexibility index (Phi) is 22.1. The van der Waals surface area contributed by atoms with Gasteiger partial charge in [0, 0.05) is 0 Å². The quantitative estimate of drug-likeness (QED) is 0.0828. The van der Waals surface area contributed by atoms with E-state index in [2.05, 4.69) is 43.2 Å². The van der Waals surface area contributed by atoms with Crippen LogP contribution >= 0.6 is 20.8 Å². The van der Waals surface area contributed by atoms with Crippen LogP contribution < -0.4 is 0 Å². The van der Waals surface area contributed by atoms with Gasteiger partial charge in [-0.3, -0.25) is 0 Å². The SMILES string of the molecule is CCCCCCCCCCCCCCP(Br)(CCCCC)(CCCCC)CCCCC. The van der Waals surface area contributed by atoms with E-state index in [0.717, 1.165) is 0 Å². The summed E-state index contributed by atoms with van der Waals surface area (Å²) in [5, 5.41) is -1.68. The normalized spacial score (nSPS) is 13.4. The van der Waals surface area contributed by atoms with Crippen LogP contribution in [0.15, 0.2) is 0 Å². The number of halogens is 1. The standard InChI is InChI=1S/C29H62BrP/c1-5-9-13-14-15-16-17-18-19-20-21-25-29-31(30,26-22-10-6-2,27-23-11-7-3)28-24-12-8-4/h5-29H2,1-4H3. The minimum atomic E-state index is -1.68. The third-order valence-electron chi connectivity index (χ3n) is 7.53. The van der Waals surface area contributed by atoms with Crippen molar-refractivity contribution in [2.24, 2.45) is 0 Å². The van der Waals surface area contributed by atoms with Crippen molar-refractivity contribution >= 4 is 20.8 Å². The van der Waals surface area contributed by atoms with E-state index in [0.29, 0.717) is 0 Å². The van der Waals surface area contributed by atoms with Crippen LogP contribution in [0.1, 0.15) is 163 Å². The van der Waals surface area contributed by atoms with Crippen LogP contribution in [0.4, 0.5) is 0 Å². The summed E-state index contributed by atoms with van der Waals surface area (Å²) < 4.78 is 0. The second kappa shape index (κ2) is 21.4. The first-order valence-electron chi connectivity index (χ1n) is 14.8. The first-order valence-corrected chi connectivity index (χ1v) is 19.8. The second-order valence-corrected chi connectivity index (χ2v) is 22.2. The van der Waals surface area contributed by atoms with Gasteiger partial charge in [-0.1, -0.05) is 13.3 Å². The summed E-state index contributed by atoms with van der Waals surface area (Å²) in [5.74, 6) is 0. The molecule has 31 heavy (non-hydrogen) atoms. The average Bonchev–Trinajstić information content (AvgIpc) is 2.75. The van der Waals surface area contributed by atoms with E-state index >= 15 is 0 Å². The van der Waals surface area contributed by atoms with Crippen LogP contribution in [0.2, 0.25) is 0 Å². The van der Waals surface area contributed by atoms with Gasteiger partial charge in [0.1, 0.15) is 0 Å². The molecule has 0 saturated carbocycles. The zero-order valence-electron chi connectivity index (χ0n) is 22.5. The van der Waals surface area contributed by atoms with Crippen LogP contribution in [-0.2, 0) is 0 Å². The Labute approximate surface area is 207 Å². The van der Waals surface area contributed by atoms with Gasteiger partial charge in [0.25, 0.3) is 0 Å². The van der Waals surface area contributed by atoms with Crippen LogP contribution in [0.25, 0.3) is 0 Å². The molecule has 0 radical (unpaired) electrons. The van der Waals surface area contributed by atoms with Crippen molar-refractivity contribution in [1.82, 2.24) is 0 Å². The molecule has 0 rings (SSSR count). The Bertz CT molecular complexity index is 338. The monoisotopic (exact) mass is 520 g/mol. The molecule has 0 fully saturated rings. The minimum absolute atomic E-state index is 1.36. The first-order chi connectivity index (χ1) is 15.0. The molecule has 0 heterocycles. The van der Waals surface area contributed by atoms with Gasteiger partial charge in [0.05, 0.1) is 0 Å². The number of hydrogen-bond donors (Lipinski definition) is 0. The maximum atomic E-state index is 4.64. The van der Waals surface area contributed by atoms with E-state index in [1.165, 1.54) is 153 Å². The summed E-state index contributed by atoms with van der Waals surface area (Å²) in [6, 6.07) is 0. The molecule has 0 amide bonds. The van der Waals surface area contributed by atoms with Crippen molar-refractivity contribution in [2.75, 3.05) is 24.6 Å². The zero-order chi connectivity index (χ0) is 23.1. The molecule has 0 unspecified atom stereocenters. The molecule has 0 N–H and O–H groups in total. The fourth-order valence-corrected chi connectivity index (χ4v) is 13.7. The molecular formula is C29H62BrP. The van der Waals surface area contributed by atoms with Gasteiger partial charge in [-0.15, -0.1) is 0 Å². The Balaban J connectivity index is 4.37. The number of hydrogen-bond acceptors (Lipinski definition) is 0. The maximum absolute atomic E-state index is 4.64. The molecule has 0 spiro atoms. The Morgan fingerprint density at radius 1 is 0.323 bits per heavy atom. The van der Waals surface area contributed by atoms with Crippen LogP contribution in [0.3, 0.4) is 0 Å².